The summed E-state index contributed by atoms with van der Waals surface area (Å²) in [5.41, 5.74) is 2.12. The van der Waals surface area contributed by atoms with Gasteiger partial charge in [-0.15, -0.1) is 0 Å². The van der Waals surface area contributed by atoms with Crippen LogP contribution in [0.4, 0.5) is 0 Å². The second-order valence-electron chi connectivity index (χ2n) is 5.03. The lowest BCUT2D eigenvalue weighted by Crippen LogP contribution is -2.08. The summed E-state index contributed by atoms with van der Waals surface area (Å²) in [4.78, 5) is 0. The van der Waals surface area contributed by atoms with Crippen molar-refractivity contribution in [3.05, 3.63) is 59.7 Å². The Bertz CT molecular complexity index is 553. The molecule has 112 valence electrons. The fraction of sp³-hybridized carbons (Fsp3) is 0.294. The molecule has 0 aliphatic carbocycles. The van der Waals surface area contributed by atoms with Gasteiger partial charge >= 0.3 is 7.07 Å². The molecule has 0 amide bonds. The number of para-hydroxylation sites is 2. The molecule has 21 heavy (non-hydrogen) atoms. The first kappa shape index (κ1) is 16.1. The van der Waals surface area contributed by atoms with Crippen LogP contribution in [0.15, 0.2) is 48.5 Å². The summed E-state index contributed by atoms with van der Waals surface area (Å²) in [5, 5.41) is 0. The van der Waals surface area contributed by atoms with Crippen LogP contribution in [0, 0.1) is 13.8 Å². The third kappa shape index (κ3) is 4.36. The number of hydrogen-bond acceptors (Lipinski definition) is 2. The second kappa shape index (κ2) is 7.15. The molecule has 2 nitrogen and oxygen atoms in total. The van der Waals surface area contributed by atoms with Crippen molar-refractivity contribution >= 4 is 18.3 Å². The van der Waals surface area contributed by atoms with Gasteiger partial charge in [-0.3, -0.25) is 9.05 Å². The Morgan fingerprint density at radius 2 is 1.29 bits per heavy atom. The summed E-state index contributed by atoms with van der Waals surface area (Å²) >= 11 is 6.72. The molecule has 0 unspecified atom stereocenters. The smallest absolute Gasteiger partial charge is 0.291 e. The van der Waals surface area contributed by atoms with Crippen LogP contribution in [0.3, 0.4) is 0 Å². The molecule has 0 saturated carbocycles. The Morgan fingerprint density at radius 3 is 1.67 bits per heavy atom. The van der Waals surface area contributed by atoms with Gasteiger partial charge < -0.3 is 0 Å². The number of benzene rings is 2. The van der Waals surface area contributed by atoms with Crippen LogP contribution >= 0.6 is 18.3 Å². The van der Waals surface area contributed by atoms with Crippen molar-refractivity contribution in [2.75, 3.05) is 6.16 Å². The van der Waals surface area contributed by atoms with Crippen LogP contribution in [-0.4, -0.2) is 6.16 Å². The first-order chi connectivity index (χ1) is 10.0. The zero-order valence-electron chi connectivity index (χ0n) is 12.7. The molecule has 4 heteroatoms. The van der Waals surface area contributed by atoms with Crippen molar-refractivity contribution in [2.24, 2.45) is 0 Å². The average molecular weight is 324 g/mol. The third-order valence-corrected chi connectivity index (χ3v) is 5.99. The first-order valence-corrected chi connectivity index (χ1v) is 9.84. The van der Waals surface area contributed by atoms with Crippen molar-refractivity contribution in [3.8, 4) is 11.5 Å². The summed E-state index contributed by atoms with van der Waals surface area (Å²) < 4.78 is 12.2. The molecule has 0 aliphatic heterocycles. The van der Waals surface area contributed by atoms with E-state index in [-0.39, 0.29) is 0 Å². The number of halogens is 1. The van der Waals surface area contributed by atoms with Crippen molar-refractivity contribution in [2.45, 2.75) is 27.2 Å². The first-order valence-electron chi connectivity index (χ1n) is 7.12. The van der Waals surface area contributed by atoms with Crippen LogP contribution in [0.5, 0.6) is 11.5 Å². The highest BCUT2D eigenvalue weighted by Crippen LogP contribution is 2.65. The quantitative estimate of drug-likeness (QED) is 0.591. The van der Waals surface area contributed by atoms with Crippen LogP contribution in [0.25, 0.3) is 0 Å². The van der Waals surface area contributed by atoms with Gasteiger partial charge in [0.1, 0.15) is 6.16 Å². The van der Waals surface area contributed by atoms with Gasteiger partial charge in [-0.2, -0.15) is 0 Å². The Balaban J connectivity index is 2.24. The normalized spacial score (nSPS) is 11.2. The van der Waals surface area contributed by atoms with E-state index in [4.69, 9.17) is 20.3 Å². The van der Waals surface area contributed by atoms with Crippen molar-refractivity contribution < 1.29 is 9.05 Å². The van der Waals surface area contributed by atoms with Gasteiger partial charge in [-0.1, -0.05) is 43.3 Å². The summed E-state index contributed by atoms with van der Waals surface area (Å²) in [6.45, 7) is 6.10. The van der Waals surface area contributed by atoms with Gasteiger partial charge in [0.25, 0.3) is 0 Å². The largest absolute Gasteiger partial charge is 0.459 e. The minimum Gasteiger partial charge on any atom is -0.291 e. The fourth-order valence-corrected chi connectivity index (χ4v) is 4.69. The van der Waals surface area contributed by atoms with Crippen LogP contribution in [-0.2, 0) is 0 Å². The molecule has 2 aromatic carbocycles. The van der Waals surface area contributed by atoms with Gasteiger partial charge in [-0.05, 0) is 43.5 Å². The number of aryl methyl sites for hydroxylation is 2. The maximum absolute atomic E-state index is 6.72. The highest BCUT2D eigenvalue weighted by molar-refractivity contribution is 7.92. The number of hydrogen-bond donors (Lipinski definition) is 0. The lowest BCUT2D eigenvalue weighted by Gasteiger charge is -2.19. The molecule has 0 radical (unpaired) electrons. The van der Waals surface area contributed by atoms with E-state index in [1.807, 2.05) is 62.4 Å². The van der Waals surface area contributed by atoms with Crippen molar-refractivity contribution in [1.29, 1.82) is 0 Å². The molecule has 0 fully saturated rings. The molecule has 2 aromatic rings. The minimum atomic E-state index is -2.49. The molecule has 0 spiro atoms. The van der Waals surface area contributed by atoms with Crippen molar-refractivity contribution in [1.82, 2.24) is 0 Å². The Hall–Kier alpha value is -1.24. The van der Waals surface area contributed by atoms with Crippen LogP contribution < -0.4 is 9.05 Å². The summed E-state index contributed by atoms with van der Waals surface area (Å²) in [6, 6.07) is 15.8. The van der Waals surface area contributed by atoms with Gasteiger partial charge in [0.05, 0.1) is 0 Å². The summed E-state index contributed by atoms with van der Waals surface area (Å²) in [7, 11) is -2.49. The second-order valence-corrected chi connectivity index (χ2v) is 8.57. The molecule has 0 bridgehead atoms. The van der Waals surface area contributed by atoms with E-state index < -0.39 is 7.07 Å². The highest BCUT2D eigenvalue weighted by atomic mass is 35.7. The molecule has 0 saturated heterocycles. The lowest BCUT2D eigenvalue weighted by atomic mass is 10.2. The van der Waals surface area contributed by atoms with E-state index in [0.717, 1.165) is 29.0 Å². The average Bonchev–Trinajstić information content (AvgIpc) is 2.44. The zero-order valence-corrected chi connectivity index (χ0v) is 14.3. The van der Waals surface area contributed by atoms with Gasteiger partial charge in [-0.25, -0.2) is 0 Å². The highest BCUT2D eigenvalue weighted by Gasteiger charge is 2.44. The molecular formula is C17H21ClO2P+. The van der Waals surface area contributed by atoms with Crippen molar-refractivity contribution in [3.63, 3.8) is 0 Å². The SMILES string of the molecule is CCC[P+](Cl)(Oc1ccccc1C)Oc1ccccc1C. The van der Waals surface area contributed by atoms with Gasteiger partial charge in [0, 0.05) is 0 Å². The maximum Gasteiger partial charge on any atom is 0.459 e. The van der Waals surface area contributed by atoms with Gasteiger partial charge in [0.2, 0.25) is 0 Å². The van der Waals surface area contributed by atoms with Crippen LogP contribution in [0.1, 0.15) is 24.5 Å². The molecule has 2 rings (SSSR count). The monoisotopic (exact) mass is 323 g/mol. The Labute approximate surface area is 132 Å². The van der Waals surface area contributed by atoms with E-state index >= 15 is 0 Å². The Morgan fingerprint density at radius 1 is 0.857 bits per heavy atom. The zero-order chi connectivity index (χ0) is 15.3. The Kier molecular flexibility index (Phi) is 5.50. The van der Waals surface area contributed by atoms with Gasteiger partial charge in [0.15, 0.2) is 22.7 Å². The molecular weight excluding hydrogens is 303 g/mol. The molecule has 0 N–H and O–H groups in total. The predicted octanol–water partition coefficient (Wildman–Crippen LogP) is 6.17. The molecule has 0 aromatic heterocycles. The minimum absolute atomic E-state index is 0.706. The summed E-state index contributed by atoms with van der Waals surface area (Å²) in [6.07, 6.45) is 1.62. The maximum atomic E-state index is 6.72. The van der Waals surface area contributed by atoms with E-state index in [1.165, 1.54) is 0 Å². The predicted molar refractivity (Wildman–Crippen MR) is 91.5 cm³/mol. The molecule has 0 aliphatic rings. The summed E-state index contributed by atoms with van der Waals surface area (Å²) in [5.74, 6) is 1.59. The van der Waals surface area contributed by atoms with E-state index in [0.29, 0.717) is 6.16 Å². The topological polar surface area (TPSA) is 18.5 Å². The van der Waals surface area contributed by atoms with E-state index in [1.54, 1.807) is 0 Å². The third-order valence-electron chi connectivity index (χ3n) is 3.15. The number of rotatable bonds is 6. The molecule has 0 atom stereocenters. The lowest BCUT2D eigenvalue weighted by molar-refractivity contribution is 0.475. The van der Waals surface area contributed by atoms with Crippen LogP contribution in [0.2, 0.25) is 0 Å². The molecule has 0 heterocycles. The fourth-order valence-electron chi connectivity index (χ4n) is 1.99. The van der Waals surface area contributed by atoms with E-state index in [9.17, 15) is 0 Å². The standard InChI is InChI=1S/C17H21ClO2P/c1-4-13-21(18,19-16-11-7-5-9-14(16)2)20-17-12-8-6-10-15(17)3/h5-12H,4,13H2,1-3H3/q+1. The van der Waals surface area contributed by atoms with E-state index in [2.05, 4.69) is 6.92 Å².